The second-order valence-electron chi connectivity index (χ2n) is 6.31. The number of benzene rings is 2. The van der Waals surface area contributed by atoms with E-state index in [1.54, 1.807) is 12.1 Å². The number of aliphatic hydroxyl groups is 1. The highest BCUT2D eigenvalue weighted by Gasteiger charge is 2.38. The average Bonchev–Trinajstić information content (AvgIpc) is 2.70. The van der Waals surface area contributed by atoms with E-state index in [1.807, 2.05) is 0 Å². The average molecular weight is 372 g/mol. The molecule has 3 nitrogen and oxygen atoms in total. The third-order valence-corrected chi connectivity index (χ3v) is 4.98. The molecule has 0 amide bonds. The normalized spacial score (nSPS) is 32.7. The minimum absolute atomic E-state index is 0.0617. The zero-order valence-electron chi connectivity index (χ0n) is 18.8. The van der Waals surface area contributed by atoms with E-state index in [0.717, 1.165) is 0 Å². The first kappa shape index (κ1) is 12.1. The Kier molecular flexibility index (Phi) is 3.13. The summed E-state index contributed by atoms with van der Waals surface area (Å²) in [6, 6.07) is 11.9. The van der Waals surface area contributed by atoms with Crippen molar-refractivity contribution < 1.29 is 21.5 Å². The Morgan fingerprint density at radius 2 is 1.58 bits per heavy atom. The molecule has 1 saturated carbocycles. The highest BCUT2D eigenvalue weighted by Crippen LogP contribution is 2.42. The van der Waals surface area contributed by atoms with Crippen molar-refractivity contribution >= 4 is 28.9 Å². The molecular weight excluding hydrogens is 348 g/mol. The molecule has 0 bridgehead atoms. The molecule has 4 rings (SSSR count). The Hall–Kier alpha value is -2.39. The Morgan fingerprint density at radius 3 is 2.23 bits per heavy atom. The van der Waals surface area contributed by atoms with Gasteiger partial charge in [0.15, 0.2) is 0 Å². The maximum Gasteiger partial charge on any atom is 0.234 e. The van der Waals surface area contributed by atoms with E-state index < -0.39 is 54.7 Å². The molecule has 1 N–H and O–H groups in total. The standard InChI is InChI=1S/C22H19ClO3/c23-16-11-9-14(10-12-16)13-5-7-15(8-6-13)19-20(24)17-3-1-2-4-18(17)21(25)22(19)26/h1-4,9-13,15,24H,5-8H2/i5D2,6D2,13D. The van der Waals surface area contributed by atoms with Gasteiger partial charge in [-0.2, -0.15) is 0 Å². The molecule has 4 heteroatoms. The molecule has 0 spiro atoms. The van der Waals surface area contributed by atoms with Crippen LogP contribution >= 0.6 is 11.6 Å². The highest BCUT2D eigenvalue weighted by atomic mass is 35.5. The topological polar surface area (TPSA) is 54.4 Å². The van der Waals surface area contributed by atoms with Gasteiger partial charge in [-0.05, 0) is 55.1 Å². The molecule has 2 aliphatic carbocycles. The summed E-state index contributed by atoms with van der Waals surface area (Å²) in [5.41, 5.74) is 0.0739. The van der Waals surface area contributed by atoms with E-state index in [1.165, 1.54) is 36.4 Å². The van der Waals surface area contributed by atoms with E-state index in [4.69, 9.17) is 18.5 Å². The Balaban J connectivity index is 1.82. The van der Waals surface area contributed by atoms with E-state index in [9.17, 15) is 14.7 Å². The van der Waals surface area contributed by atoms with Crippen molar-refractivity contribution in [2.24, 2.45) is 5.92 Å². The molecule has 0 saturated heterocycles. The van der Waals surface area contributed by atoms with Crippen LogP contribution in [0.3, 0.4) is 0 Å². The van der Waals surface area contributed by atoms with Crippen LogP contribution < -0.4 is 0 Å². The van der Waals surface area contributed by atoms with Crippen LogP contribution in [0.25, 0.3) is 5.76 Å². The summed E-state index contributed by atoms with van der Waals surface area (Å²) >= 11 is 5.90. The number of halogens is 1. The van der Waals surface area contributed by atoms with Crippen LogP contribution in [-0.2, 0) is 4.79 Å². The molecular formula is C22H19ClO3. The Morgan fingerprint density at radius 1 is 0.962 bits per heavy atom. The number of allylic oxidation sites excluding steroid dienone is 1. The number of carbonyl (C=O) groups is 2. The fraction of sp³-hybridized carbons (Fsp3) is 0.273. The summed E-state index contributed by atoms with van der Waals surface area (Å²) in [4.78, 5) is 25.4. The number of hydrogen-bond donors (Lipinski definition) is 1. The van der Waals surface area contributed by atoms with Gasteiger partial charge in [0, 0.05) is 28.6 Å². The zero-order chi connectivity index (χ0) is 22.8. The number of ketones is 2. The maximum atomic E-state index is 12.8. The van der Waals surface area contributed by atoms with Gasteiger partial charge in [-0.3, -0.25) is 9.59 Å². The molecule has 0 radical (unpaired) electrons. The molecule has 2 aliphatic rings. The molecule has 1 fully saturated rings. The van der Waals surface area contributed by atoms with Crippen LogP contribution in [0.4, 0.5) is 0 Å². The molecule has 0 unspecified atom stereocenters. The number of carbonyl (C=O) groups excluding carboxylic acids is 2. The fourth-order valence-corrected chi connectivity index (χ4v) is 3.50. The molecule has 132 valence electrons. The van der Waals surface area contributed by atoms with Gasteiger partial charge in [0.05, 0.1) is 0 Å². The smallest absolute Gasteiger partial charge is 0.234 e. The summed E-state index contributed by atoms with van der Waals surface area (Å²) in [6.45, 7) is 0. The van der Waals surface area contributed by atoms with Gasteiger partial charge in [-0.15, -0.1) is 0 Å². The molecule has 2 aromatic carbocycles. The molecule has 2 aromatic rings. The van der Waals surface area contributed by atoms with Crippen LogP contribution in [0.5, 0.6) is 0 Å². The second-order valence-corrected chi connectivity index (χ2v) is 6.74. The second kappa shape index (κ2) is 6.73. The lowest BCUT2D eigenvalue weighted by molar-refractivity contribution is -0.112. The first-order valence-corrected chi connectivity index (χ1v) is 8.66. The first-order valence-electron chi connectivity index (χ1n) is 10.8. The van der Waals surface area contributed by atoms with Gasteiger partial charge in [-0.25, -0.2) is 0 Å². The van der Waals surface area contributed by atoms with E-state index in [0.29, 0.717) is 5.02 Å². The van der Waals surface area contributed by atoms with E-state index >= 15 is 0 Å². The van der Waals surface area contributed by atoms with Crippen molar-refractivity contribution in [1.29, 1.82) is 0 Å². The van der Waals surface area contributed by atoms with Gasteiger partial charge in [0.1, 0.15) is 5.76 Å². The lowest BCUT2D eigenvalue weighted by Gasteiger charge is -2.31. The molecule has 26 heavy (non-hydrogen) atoms. The fourth-order valence-electron chi connectivity index (χ4n) is 3.37. The first-order chi connectivity index (χ1) is 14.4. The summed E-state index contributed by atoms with van der Waals surface area (Å²) in [5, 5.41) is 11.2. The zero-order valence-corrected chi connectivity index (χ0v) is 14.5. The predicted octanol–water partition coefficient (Wildman–Crippen LogP) is 5.35. The van der Waals surface area contributed by atoms with Crippen molar-refractivity contribution in [3.05, 3.63) is 75.8 Å². The third-order valence-electron chi connectivity index (χ3n) is 4.72. The van der Waals surface area contributed by atoms with Gasteiger partial charge < -0.3 is 5.11 Å². The predicted molar refractivity (Wildman–Crippen MR) is 101 cm³/mol. The number of hydrogen-bond acceptors (Lipinski definition) is 3. The van der Waals surface area contributed by atoms with E-state index in [-0.39, 0.29) is 22.3 Å². The lowest BCUT2D eigenvalue weighted by atomic mass is 9.72. The minimum Gasteiger partial charge on any atom is -0.507 e. The van der Waals surface area contributed by atoms with Crippen LogP contribution in [0.2, 0.25) is 5.02 Å². The maximum absolute atomic E-state index is 12.8. The summed E-state index contributed by atoms with van der Waals surface area (Å²) < 4.78 is 43.3. The monoisotopic (exact) mass is 371 g/mol. The largest absolute Gasteiger partial charge is 0.507 e. The van der Waals surface area contributed by atoms with Gasteiger partial charge in [-0.1, -0.05) is 48.0 Å². The van der Waals surface area contributed by atoms with Crippen molar-refractivity contribution in [3.8, 4) is 0 Å². The highest BCUT2D eigenvalue weighted by molar-refractivity contribution is 6.52. The van der Waals surface area contributed by atoms with Crippen LogP contribution in [0.1, 0.15) is 59.8 Å². The number of Topliss-reactive ketones (excluding diaryl/α,β-unsaturated/α-hetero) is 2. The van der Waals surface area contributed by atoms with Crippen molar-refractivity contribution in [3.63, 3.8) is 0 Å². The minimum atomic E-state index is -2.42. The Bertz CT molecular complexity index is 1110. The van der Waals surface area contributed by atoms with Crippen LogP contribution in [0.15, 0.2) is 54.1 Å². The third kappa shape index (κ3) is 2.86. The van der Waals surface area contributed by atoms with Gasteiger partial charge in [0.2, 0.25) is 11.6 Å². The summed E-state index contributed by atoms with van der Waals surface area (Å²) in [5.74, 6) is -5.56. The number of aliphatic hydroxyl groups excluding tert-OH is 1. The Labute approximate surface area is 164 Å². The van der Waals surface area contributed by atoms with Crippen molar-refractivity contribution in [2.75, 3.05) is 0 Å². The van der Waals surface area contributed by atoms with Gasteiger partial charge in [0.25, 0.3) is 0 Å². The molecule has 0 heterocycles. The van der Waals surface area contributed by atoms with Crippen molar-refractivity contribution in [1.82, 2.24) is 0 Å². The van der Waals surface area contributed by atoms with Crippen LogP contribution in [-0.4, -0.2) is 16.7 Å². The quantitative estimate of drug-likeness (QED) is 0.724. The molecule has 0 aromatic heterocycles. The molecule has 0 atom stereocenters. The van der Waals surface area contributed by atoms with E-state index in [2.05, 4.69) is 0 Å². The lowest BCUT2D eigenvalue weighted by Crippen LogP contribution is -2.29. The van der Waals surface area contributed by atoms with Crippen LogP contribution in [0, 0.1) is 5.92 Å². The number of rotatable bonds is 2. The van der Waals surface area contributed by atoms with Gasteiger partial charge >= 0.3 is 0 Å². The number of fused-ring (bicyclic) bond motifs is 1. The molecule has 0 aliphatic heterocycles. The summed E-state index contributed by atoms with van der Waals surface area (Å²) in [7, 11) is 0. The SMILES string of the molecule is [2H]C1([2H])CC(C2=C(O)c3ccccc3C(=O)C2=O)CC([2H])([2H])C1([2H])c1ccc(Cl)cc1. The summed E-state index contributed by atoms with van der Waals surface area (Å²) in [6.07, 6.45) is -5.64. The van der Waals surface area contributed by atoms with Crippen molar-refractivity contribution in [2.45, 2.75) is 31.5 Å².